The Morgan fingerprint density at radius 2 is 1.91 bits per heavy atom. The van der Waals surface area contributed by atoms with Crippen LogP contribution < -0.4 is 10.1 Å². The number of Topliss-reactive ketones (excluding diaryl/α,β-unsaturated/α-hetero) is 1. The SMILES string of the molecule is COc1cnc(-n2cnc(NCc3cccnc3)n2)c2[nH]cc(C(=O)C(=O)N3CCN(C(=O)c4ccccc4)[C@H](C)C3)c12. The summed E-state index contributed by atoms with van der Waals surface area (Å²) in [6, 6.07) is 12.5. The van der Waals surface area contributed by atoms with E-state index in [1.54, 1.807) is 29.4 Å². The molecule has 13 heteroatoms. The van der Waals surface area contributed by atoms with Crippen molar-refractivity contribution in [2.45, 2.75) is 19.5 Å². The Bertz CT molecular complexity index is 1790. The Kier molecular flexibility index (Phi) is 7.52. The smallest absolute Gasteiger partial charge is 0.295 e. The molecule has 0 saturated carbocycles. The topological polar surface area (TPSA) is 151 Å². The third-order valence-electron chi connectivity index (χ3n) is 7.39. The normalized spacial score (nSPS) is 15.0. The summed E-state index contributed by atoms with van der Waals surface area (Å²) in [4.78, 5) is 59.2. The average molecular weight is 580 g/mol. The second kappa shape index (κ2) is 11.7. The van der Waals surface area contributed by atoms with Crippen molar-refractivity contribution < 1.29 is 19.1 Å². The van der Waals surface area contributed by atoms with Gasteiger partial charge in [-0.3, -0.25) is 19.4 Å². The van der Waals surface area contributed by atoms with Gasteiger partial charge in [0.2, 0.25) is 5.95 Å². The molecule has 5 heterocycles. The van der Waals surface area contributed by atoms with Gasteiger partial charge in [-0.1, -0.05) is 24.3 Å². The molecule has 1 aliphatic rings. The number of ketones is 1. The Balaban J connectivity index is 1.21. The van der Waals surface area contributed by atoms with E-state index in [4.69, 9.17) is 4.74 Å². The number of pyridine rings is 2. The largest absolute Gasteiger partial charge is 0.494 e. The summed E-state index contributed by atoms with van der Waals surface area (Å²) in [7, 11) is 1.47. The number of nitrogens with zero attached hydrogens (tertiary/aromatic N) is 7. The van der Waals surface area contributed by atoms with E-state index in [-0.39, 0.29) is 30.6 Å². The first kappa shape index (κ1) is 27.6. The highest BCUT2D eigenvalue weighted by atomic mass is 16.5. The second-order valence-corrected chi connectivity index (χ2v) is 10.1. The van der Waals surface area contributed by atoms with Crippen LogP contribution in [-0.2, 0) is 11.3 Å². The molecule has 1 saturated heterocycles. The molecule has 1 atom stereocenters. The summed E-state index contributed by atoms with van der Waals surface area (Å²) in [5.74, 6) is -0.344. The number of hydrogen-bond donors (Lipinski definition) is 2. The number of rotatable bonds is 8. The zero-order valence-corrected chi connectivity index (χ0v) is 23.6. The zero-order valence-electron chi connectivity index (χ0n) is 23.6. The van der Waals surface area contributed by atoms with Crippen LogP contribution in [0.25, 0.3) is 16.7 Å². The summed E-state index contributed by atoms with van der Waals surface area (Å²) in [6.45, 7) is 3.16. The number of benzene rings is 1. The molecule has 218 valence electrons. The lowest BCUT2D eigenvalue weighted by molar-refractivity contribution is -0.128. The van der Waals surface area contributed by atoms with Crippen LogP contribution in [0.4, 0.5) is 5.95 Å². The Morgan fingerprint density at radius 3 is 2.65 bits per heavy atom. The number of hydrogen-bond acceptors (Lipinski definition) is 9. The van der Waals surface area contributed by atoms with Gasteiger partial charge in [-0.25, -0.2) is 9.97 Å². The number of methoxy groups -OCH3 is 1. The number of piperazine rings is 1. The monoisotopic (exact) mass is 579 g/mol. The standard InChI is InChI=1S/C30H29N9O4/c1-19-17-37(11-12-38(19)28(41)21-8-4-3-5-9-21)29(42)26(40)22-15-32-25-24(22)23(43-2)16-33-27(25)39-18-35-30(36-39)34-14-20-7-6-10-31-13-20/h3-10,13,15-16,18-19,32H,11-12,14,17H2,1-2H3,(H,34,36)/t19-/m1/s1. The summed E-state index contributed by atoms with van der Waals surface area (Å²) in [5.41, 5.74) is 2.18. The van der Waals surface area contributed by atoms with Crippen molar-refractivity contribution in [3.63, 3.8) is 0 Å². The average Bonchev–Trinajstić information content (AvgIpc) is 3.71. The minimum atomic E-state index is -0.686. The van der Waals surface area contributed by atoms with Crippen LogP contribution in [0.2, 0.25) is 0 Å². The van der Waals surface area contributed by atoms with E-state index in [0.717, 1.165) is 5.56 Å². The van der Waals surface area contributed by atoms with Crippen LogP contribution in [0.3, 0.4) is 0 Å². The van der Waals surface area contributed by atoms with Gasteiger partial charge in [0, 0.05) is 56.4 Å². The lowest BCUT2D eigenvalue weighted by Gasteiger charge is -2.39. The molecule has 1 aliphatic heterocycles. The predicted octanol–water partition coefficient (Wildman–Crippen LogP) is 2.72. The number of aromatic nitrogens is 6. The molecule has 1 aromatic carbocycles. The minimum Gasteiger partial charge on any atom is -0.494 e. The maximum Gasteiger partial charge on any atom is 0.295 e. The predicted molar refractivity (Wildman–Crippen MR) is 157 cm³/mol. The van der Waals surface area contributed by atoms with Gasteiger partial charge in [0.1, 0.15) is 12.1 Å². The van der Waals surface area contributed by atoms with E-state index >= 15 is 0 Å². The first-order valence-electron chi connectivity index (χ1n) is 13.7. The van der Waals surface area contributed by atoms with E-state index in [9.17, 15) is 14.4 Å². The van der Waals surface area contributed by atoms with Crippen molar-refractivity contribution in [3.8, 4) is 11.6 Å². The number of nitrogens with one attached hydrogen (secondary N) is 2. The number of anilines is 1. The second-order valence-electron chi connectivity index (χ2n) is 10.1. The number of fused-ring (bicyclic) bond motifs is 1. The van der Waals surface area contributed by atoms with Crippen LogP contribution >= 0.6 is 0 Å². The van der Waals surface area contributed by atoms with Gasteiger partial charge in [0.05, 0.1) is 29.8 Å². The summed E-state index contributed by atoms with van der Waals surface area (Å²) in [6.07, 6.45) is 7.92. The van der Waals surface area contributed by atoms with E-state index in [1.807, 2.05) is 37.3 Å². The Hall–Kier alpha value is -5.59. The van der Waals surface area contributed by atoms with Gasteiger partial charge < -0.3 is 24.8 Å². The molecule has 0 unspecified atom stereocenters. The van der Waals surface area contributed by atoms with Gasteiger partial charge in [-0.15, -0.1) is 5.10 Å². The first-order valence-corrected chi connectivity index (χ1v) is 13.7. The molecule has 0 radical (unpaired) electrons. The van der Waals surface area contributed by atoms with Crippen LogP contribution in [0.1, 0.15) is 33.2 Å². The Labute approximate surface area is 246 Å². The third-order valence-corrected chi connectivity index (χ3v) is 7.39. The molecule has 0 aliphatic carbocycles. The quantitative estimate of drug-likeness (QED) is 0.209. The fourth-order valence-corrected chi connectivity index (χ4v) is 5.19. The number of carbonyl (C=O) groups excluding carboxylic acids is 3. The highest BCUT2D eigenvalue weighted by molar-refractivity contribution is 6.45. The van der Waals surface area contributed by atoms with E-state index in [0.29, 0.717) is 47.1 Å². The number of carbonyl (C=O) groups is 3. The molecule has 0 bridgehead atoms. The minimum absolute atomic E-state index is 0.100. The van der Waals surface area contributed by atoms with Crippen LogP contribution in [0.15, 0.2) is 73.6 Å². The van der Waals surface area contributed by atoms with E-state index in [1.165, 1.54) is 35.4 Å². The zero-order chi connectivity index (χ0) is 29.9. The van der Waals surface area contributed by atoms with Gasteiger partial charge in [0.25, 0.3) is 17.6 Å². The van der Waals surface area contributed by atoms with Crippen molar-refractivity contribution in [2.75, 3.05) is 32.1 Å². The molecule has 2 N–H and O–H groups in total. The van der Waals surface area contributed by atoms with Crippen molar-refractivity contribution in [1.29, 1.82) is 0 Å². The van der Waals surface area contributed by atoms with Crippen molar-refractivity contribution in [2.24, 2.45) is 0 Å². The number of H-pyrrole nitrogens is 1. The summed E-state index contributed by atoms with van der Waals surface area (Å²) in [5, 5.41) is 8.03. The maximum atomic E-state index is 13.6. The lowest BCUT2D eigenvalue weighted by atomic mass is 10.1. The van der Waals surface area contributed by atoms with Crippen LogP contribution in [-0.4, -0.2) is 89.9 Å². The van der Waals surface area contributed by atoms with Crippen LogP contribution in [0.5, 0.6) is 5.75 Å². The van der Waals surface area contributed by atoms with E-state index in [2.05, 4.69) is 30.4 Å². The van der Waals surface area contributed by atoms with Crippen molar-refractivity contribution in [1.82, 2.24) is 39.5 Å². The van der Waals surface area contributed by atoms with Gasteiger partial charge >= 0.3 is 0 Å². The molecule has 5 aromatic rings. The molecule has 4 aromatic heterocycles. The first-order chi connectivity index (χ1) is 20.9. The van der Waals surface area contributed by atoms with Gasteiger partial charge in [-0.2, -0.15) is 4.68 Å². The third kappa shape index (κ3) is 5.39. The highest BCUT2D eigenvalue weighted by Crippen LogP contribution is 2.32. The number of amides is 2. The molecule has 6 rings (SSSR count). The van der Waals surface area contributed by atoms with E-state index < -0.39 is 11.7 Å². The molecular formula is C30H29N9O4. The van der Waals surface area contributed by atoms with Gasteiger partial charge in [0.15, 0.2) is 5.82 Å². The van der Waals surface area contributed by atoms with Gasteiger partial charge in [-0.05, 0) is 30.7 Å². The molecule has 13 nitrogen and oxygen atoms in total. The summed E-state index contributed by atoms with van der Waals surface area (Å²) < 4.78 is 6.99. The maximum absolute atomic E-state index is 13.6. The molecular weight excluding hydrogens is 550 g/mol. The molecule has 43 heavy (non-hydrogen) atoms. The molecule has 2 amide bonds. The molecule has 0 spiro atoms. The fourth-order valence-electron chi connectivity index (χ4n) is 5.19. The lowest BCUT2D eigenvalue weighted by Crippen LogP contribution is -2.56. The number of aromatic amines is 1. The van der Waals surface area contributed by atoms with Crippen molar-refractivity contribution in [3.05, 3.63) is 90.3 Å². The molecule has 1 fully saturated rings. The number of ether oxygens (including phenoxy) is 1. The Morgan fingerprint density at radius 1 is 1.07 bits per heavy atom. The fraction of sp³-hybridized carbons (Fsp3) is 0.233. The van der Waals surface area contributed by atoms with Crippen molar-refractivity contribution >= 4 is 34.4 Å². The highest BCUT2D eigenvalue weighted by Gasteiger charge is 2.34. The summed E-state index contributed by atoms with van der Waals surface area (Å²) >= 11 is 0. The van der Waals surface area contributed by atoms with Crippen LogP contribution in [0, 0.1) is 0 Å².